The number of hydrogen-bond donors (Lipinski definition) is 0. The van der Waals surface area contributed by atoms with Gasteiger partial charge in [0.25, 0.3) is 0 Å². The molecule has 0 bridgehead atoms. The van der Waals surface area contributed by atoms with E-state index in [2.05, 4.69) is 10.1 Å². The fourth-order valence-electron chi connectivity index (χ4n) is 3.04. The summed E-state index contributed by atoms with van der Waals surface area (Å²) in [5, 5.41) is 4.07. The molecule has 0 aliphatic heterocycles. The number of esters is 1. The second-order valence-corrected chi connectivity index (χ2v) is 6.03. The van der Waals surface area contributed by atoms with E-state index in [0.717, 1.165) is 44.3 Å². The van der Waals surface area contributed by atoms with Crippen LogP contribution in [0.3, 0.4) is 0 Å². The van der Waals surface area contributed by atoms with Crippen LogP contribution >= 0.6 is 0 Å². The maximum atomic E-state index is 12.4. The highest BCUT2D eigenvalue weighted by atomic mass is 16.5. The Morgan fingerprint density at radius 2 is 2.10 bits per heavy atom. The van der Waals surface area contributed by atoms with Crippen molar-refractivity contribution in [1.29, 1.82) is 0 Å². The summed E-state index contributed by atoms with van der Waals surface area (Å²) in [4.78, 5) is 16.9. The SMILES string of the molecule is CCOC(=O)C1(c2nc(CC3CC3)no2)CCCCC1. The molecule has 0 spiro atoms. The van der Waals surface area contributed by atoms with E-state index in [1.54, 1.807) is 0 Å². The molecule has 0 unspecified atom stereocenters. The van der Waals surface area contributed by atoms with Gasteiger partial charge in [0.05, 0.1) is 6.61 Å². The van der Waals surface area contributed by atoms with Crippen LogP contribution in [0, 0.1) is 5.92 Å². The van der Waals surface area contributed by atoms with Gasteiger partial charge >= 0.3 is 5.97 Å². The largest absolute Gasteiger partial charge is 0.465 e. The van der Waals surface area contributed by atoms with Gasteiger partial charge in [-0.3, -0.25) is 4.79 Å². The minimum atomic E-state index is -0.691. The Kier molecular flexibility index (Phi) is 3.76. The number of carbonyl (C=O) groups is 1. The van der Waals surface area contributed by atoms with Crippen molar-refractivity contribution in [3.8, 4) is 0 Å². The van der Waals surface area contributed by atoms with E-state index in [0.29, 0.717) is 18.4 Å². The summed E-state index contributed by atoms with van der Waals surface area (Å²) in [7, 11) is 0. The van der Waals surface area contributed by atoms with E-state index >= 15 is 0 Å². The zero-order valence-electron chi connectivity index (χ0n) is 12.1. The van der Waals surface area contributed by atoms with Crippen LogP contribution in [0.25, 0.3) is 0 Å². The van der Waals surface area contributed by atoms with Crippen LogP contribution in [-0.4, -0.2) is 22.7 Å². The summed E-state index contributed by atoms with van der Waals surface area (Å²) >= 11 is 0. The van der Waals surface area contributed by atoms with Crippen molar-refractivity contribution < 1.29 is 14.1 Å². The number of nitrogens with zero attached hydrogens (tertiary/aromatic N) is 2. The average molecular weight is 278 g/mol. The molecule has 1 aromatic heterocycles. The molecule has 2 saturated carbocycles. The number of carbonyl (C=O) groups excluding carboxylic acids is 1. The molecule has 0 saturated heterocycles. The molecule has 5 nitrogen and oxygen atoms in total. The molecule has 0 amide bonds. The summed E-state index contributed by atoms with van der Waals surface area (Å²) < 4.78 is 10.7. The normalized spacial score (nSPS) is 21.6. The molecular formula is C15H22N2O3. The van der Waals surface area contributed by atoms with Crippen molar-refractivity contribution in [3.05, 3.63) is 11.7 Å². The Labute approximate surface area is 119 Å². The van der Waals surface area contributed by atoms with E-state index in [9.17, 15) is 4.79 Å². The molecule has 2 aliphatic carbocycles. The van der Waals surface area contributed by atoms with Gasteiger partial charge in [-0.25, -0.2) is 0 Å². The Morgan fingerprint density at radius 1 is 1.35 bits per heavy atom. The molecule has 2 fully saturated rings. The highest BCUT2D eigenvalue weighted by Crippen LogP contribution is 2.40. The van der Waals surface area contributed by atoms with Gasteiger partial charge in [-0.1, -0.05) is 24.4 Å². The Morgan fingerprint density at radius 3 is 2.75 bits per heavy atom. The summed E-state index contributed by atoms with van der Waals surface area (Å²) in [6.07, 6.45) is 8.10. The van der Waals surface area contributed by atoms with Gasteiger partial charge in [-0.05, 0) is 38.5 Å². The number of ether oxygens (including phenoxy) is 1. The van der Waals surface area contributed by atoms with Crippen molar-refractivity contribution in [2.75, 3.05) is 6.61 Å². The summed E-state index contributed by atoms with van der Waals surface area (Å²) in [5.41, 5.74) is -0.691. The average Bonchev–Trinajstić information content (AvgIpc) is 3.15. The predicted molar refractivity (Wildman–Crippen MR) is 72.1 cm³/mol. The first-order valence-corrected chi connectivity index (χ1v) is 7.75. The quantitative estimate of drug-likeness (QED) is 0.775. The van der Waals surface area contributed by atoms with Crippen LogP contribution in [0.15, 0.2) is 4.52 Å². The highest BCUT2D eigenvalue weighted by molar-refractivity contribution is 5.82. The molecule has 5 heteroatoms. The Bertz CT molecular complexity index is 473. The molecule has 20 heavy (non-hydrogen) atoms. The Hall–Kier alpha value is -1.39. The number of hydrogen-bond acceptors (Lipinski definition) is 5. The molecule has 0 radical (unpaired) electrons. The lowest BCUT2D eigenvalue weighted by Gasteiger charge is -2.31. The molecule has 0 atom stereocenters. The standard InChI is InChI=1S/C15H22N2O3/c1-2-19-14(18)15(8-4-3-5-9-15)13-16-12(17-20-13)10-11-6-7-11/h11H,2-10H2,1H3. The maximum absolute atomic E-state index is 12.4. The van der Waals surface area contributed by atoms with Crippen molar-refractivity contribution >= 4 is 5.97 Å². The third-order valence-electron chi connectivity index (χ3n) is 4.42. The smallest absolute Gasteiger partial charge is 0.321 e. The van der Waals surface area contributed by atoms with E-state index in [1.165, 1.54) is 12.8 Å². The molecule has 1 heterocycles. The first-order valence-electron chi connectivity index (χ1n) is 7.75. The van der Waals surface area contributed by atoms with Crippen LogP contribution in [-0.2, 0) is 21.4 Å². The lowest BCUT2D eigenvalue weighted by Crippen LogP contribution is -2.39. The minimum Gasteiger partial charge on any atom is -0.465 e. The topological polar surface area (TPSA) is 65.2 Å². The molecule has 0 aromatic carbocycles. The number of aromatic nitrogens is 2. The first kappa shape index (κ1) is 13.6. The summed E-state index contributed by atoms with van der Waals surface area (Å²) in [6, 6.07) is 0. The van der Waals surface area contributed by atoms with Crippen LogP contribution in [0.2, 0.25) is 0 Å². The third-order valence-corrected chi connectivity index (χ3v) is 4.42. The fraction of sp³-hybridized carbons (Fsp3) is 0.800. The summed E-state index contributed by atoms with van der Waals surface area (Å²) in [5.74, 6) is 1.75. The highest BCUT2D eigenvalue weighted by Gasteiger charge is 2.47. The van der Waals surface area contributed by atoms with Crippen LogP contribution < -0.4 is 0 Å². The van der Waals surface area contributed by atoms with Gasteiger partial charge in [0.2, 0.25) is 5.89 Å². The maximum Gasteiger partial charge on any atom is 0.321 e. The molecule has 0 N–H and O–H groups in total. The zero-order valence-corrected chi connectivity index (χ0v) is 12.1. The van der Waals surface area contributed by atoms with Crippen LogP contribution in [0.5, 0.6) is 0 Å². The lowest BCUT2D eigenvalue weighted by molar-refractivity contribution is -0.152. The van der Waals surface area contributed by atoms with E-state index < -0.39 is 5.41 Å². The molecular weight excluding hydrogens is 256 g/mol. The minimum absolute atomic E-state index is 0.193. The van der Waals surface area contributed by atoms with Crippen molar-refractivity contribution in [3.63, 3.8) is 0 Å². The van der Waals surface area contributed by atoms with Crippen molar-refractivity contribution in [1.82, 2.24) is 10.1 Å². The van der Waals surface area contributed by atoms with Gasteiger partial charge in [-0.15, -0.1) is 0 Å². The fourth-order valence-corrected chi connectivity index (χ4v) is 3.04. The lowest BCUT2D eigenvalue weighted by atomic mass is 9.74. The second-order valence-electron chi connectivity index (χ2n) is 6.03. The van der Waals surface area contributed by atoms with Gasteiger partial charge in [0.15, 0.2) is 5.82 Å². The Balaban J connectivity index is 1.83. The molecule has 1 aromatic rings. The molecule has 110 valence electrons. The zero-order chi connectivity index (χ0) is 14.0. The van der Waals surface area contributed by atoms with Gasteiger partial charge < -0.3 is 9.26 Å². The molecule has 2 aliphatic rings. The van der Waals surface area contributed by atoms with Gasteiger partial charge in [-0.2, -0.15) is 4.98 Å². The monoisotopic (exact) mass is 278 g/mol. The van der Waals surface area contributed by atoms with Crippen molar-refractivity contribution in [2.24, 2.45) is 5.92 Å². The predicted octanol–water partition coefficient (Wildman–Crippen LogP) is 2.79. The second kappa shape index (κ2) is 5.54. The summed E-state index contributed by atoms with van der Waals surface area (Å²) in [6.45, 7) is 2.23. The number of rotatable bonds is 5. The van der Waals surface area contributed by atoms with E-state index in [-0.39, 0.29) is 5.97 Å². The first-order chi connectivity index (χ1) is 9.74. The third kappa shape index (κ3) is 2.58. The van der Waals surface area contributed by atoms with E-state index in [1.807, 2.05) is 6.92 Å². The molecule has 3 rings (SSSR count). The van der Waals surface area contributed by atoms with Gasteiger partial charge in [0.1, 0.15) is 5.41 Å². The van der Waals surface area contributed by atoms with Crippen LogP contribution in [0.1, 0.15) is 63.6 Å². The van der Waals surface area contributed by atoms with Crippen LogP contribution in [0.4, 0.5) is 0 Å². The van der Waals surface area contributed by atoms with Crippen molar-refractivity contribution in [2.45, 2.75) is 63.7 Å². The van der Waals surface area contributed by atoms with E-state index in [4.69, 9.17) is 9.26 Å². The van der Waals surface area contributed by atoms with Gasteiger partial charge in [0, 0.05) is 6.42 Å².